The van der Waals surface area contributed by atoms with Crippen LogP contribution in [0.5, 0.6) is 0 Å². The maximum Gasteiger partial charge on any atom is 0.407 e. The van der Waals surface area contributed by atoms with Crippen LogP contribution in [0.25, 0.3) is 0 Å². The van der Waals surface area contributed by atoms with E-state index >= 15 is 0 Å². The lowest BCUT2D eigenvalue weighted by atomic mass is 9.80. The molecule has 1 aromatic carbocycles. The zero-order valence-electron chi connectivity index (χ0n) is 10.00. The average molecular weight is 278 g/mol. The van der Waals surface area contributed by atoms with Crippen LogP contribution >= 0.6 is 12.4 Å². The van der Waals surface area contributed by atoms with Crippen molar-refractivity contribution < 1.29 is 18.3 Å². The van der Waals surface area contributed by atoms with E-state index in [2.05, 4.69) is 5.32 Å². The molecule has 0 aromatic heterocycles. The first kappa shape index (κ1) is 14.7. The van der Waals surface area contributed by atoms with Gasteiger partial charge in [0.2, 0.25) is 0 Å². The van der Waals surface area contributed by atoms with Crippen LogP contribution in [0.4, 0.5) is 13.6 Å². The predicted octanol–water partition coefficient (Wildman–Crippen LogP) is 3.19. The average Bonchev–Trinajstić information content (AvgIpc) is 2.23. The van der Waals surface area contributed by atoms with E-state index in [-0.39, 0.29) is 24.6 Å². The molecule has 3 nitrogen and oxygen atoms in total. The van der Waals surface area contributed by atoms with E-state index in [9.17, 15) is 13.6 Å². The third kappa shape index (κ3) is 2.72. The fraction of sp³-hybridized carbons (Fsp3) is 0.417. The van der Waals surface area contributed by atoms with Gasteiger partial charge in [0, 0.05) is 17.0 Å². The van der Waals surface area contributed by atoms with Crippen molar-refractivity contribution >= 4 is 18.5 Å². The first-order valence-corrected chi connectivity index (χ1v) is 5.28. The highest BCUT2D eigenvalue weighted by molar-refractivity contribution is 5.85. The van der Waals surface area contributed by atoms with Gasteiger partial charge in [0.15, 0.2) is 0 Å². The number of halogens is 3. The number of benzene rings is 1. The molecule has 100 valence electrons. The number of rotatable bonds is 1. The number of cyclic esters (lactones) is 1. The second-order valence-corrected chi connectivity index (χ2v) is 4.81. The monoisotopic (exact) mass is 277 g/mol. The van der Waals surface area contributed by atoms with Crippen LogP contribution in [0, 0.1) is 17.0 Å². The van der Waals surface area contributed by atoms with Gasteiger partial charge in [0.1, 0.15) is 18.2 Å². The third-order valence-corrected chi connectivity index (χ3v) is 2.89. The summed E-state index contributed by atoms with van der Waals surface area (Å²) in [6, 6.07) is 2.82. The zero-order chi connectivity index (χ0) is 12.6. The van der Waals surface area contributed by atoms with E-state index < -0.39 is 29.2 Å². The highest BCUT2D eigenvalue weighted by atomic mass is 35.5. The molecular weight excluding hydrogens is 264 g/mol. The van der Waals surface area contributed by atoms with Gasteiger partial charge < -0.3 is 10.1 Å². The molecule has 1 amide bonds. The summed E-state index contributed by atoms with van der Waals surface area (Å²) in [6.45, 7) is 3.89. The van der Waals surface area contributed by atoms with E-state index in [0.717, 1.165) is 6.07 Å². The minimum atomic E-state index is -0.662. The summed E-state index contributed by atoms with van der Waals surface area (Å²) in [5.41, 5.74) is -0.180. The minimum absolute atomic E-state index is 0. The molecule has 2 rings (SSSR count). The lowest BCUT2D eigenvalue weighted by Gasteiger charge is -2.38. The van der Waals surface area contributed by atoms with Gasteiger partial charge in [-0.15, -0.1) is 12.4 Å². The fourth-order valence-electron chi connectivity index (χ4n) is 1.92. The number of carbonyl (C=O) groups excluding carboxylic acids is 1. The topological polar surface area (TPSA) is 38.3 Å². The summed E-state index contributed by atoms with van der Waals surface area (Å²) in [6.07, 6.45) is -0.585. The first-order valence-electron chi connectivity index (χ1n) is 5.28. The van der Waals surface area contributed by atoms with Crippen molar-refractivity contribution in [3.63, 3.8) is 0 Å². The molecule has 0 saturated carbocycles. The Balaban J connectivity index is 0.00000162. The highest BCUT2D eigenvalue weighted by Crippen LogP contribution is 2.37. The molecule has 1 aromatic rings. The smallest absolute Gasteiger partial charge is 0.407 e. The van der Waals surface area contributed by atoms with Crippen LogP contribution in [0.2, 0.25) is 0 Å². The summed E-state index contributed by atoms with van der Waals surface area (Å²) in [7, 11) is 0. The number of ether oxygens (including phenoxy) is 1. The molecule has 0 unspecified atom stereocenters. The number of carbonyl (C=O) groups is 1. The van der Waals surface area contributed by atoms with Crippen molar-refractivity contribution in [2.45, 2.75) is 19.9 Å². The number of hydrogen-bond acceptors (Lipinski definition) is 2. The summed E-state index contributed by atoms with van der Waals surface area (Å²) in [5, 5.41) is 2.56. The number of nitrogens with one attached hydrogen (secondary N) is 1. The van der Waals surface area contributed by atoms with Crippen molar-refractivity contribution in [1.29, 1.82) is 0 Å². The molecule has 0 radical (unpaired) electrons. The minimum Gasteiger partial charge on any atom is -0.449 e. The summed E-state index contributed by atoms with van der Waals surface area (Å²) >= 11 is 0. The molecule has 1 saturated heterocycles. The fourth-order valence-corrected chi connectivity index (χ4v) is 1.92. The van der Waals surface area contributed by atoms with Crippen LogP contribution in [0.1, 0.15) is 25.5 Å². The predicted molar refractivity (Wildman–Crippen MR) is 64.6 cm³/mol. The molecule has 1 aliphatic rings. The number of hydrogen-bond donors (Lipinski definition) is 1. The number of alkyl carbamates (subject to hydrolysis) is 1. The Morgan fingerprint density at radius 2 is 2.06 bits per heavy atom. The van der Waals surface area contributed by atoms with E-state index in [4.69, 9.17) is 4.74 Å². The van der Waals surface area contributed by atoms with Gasteiger partial charge in [0.05, 0.1) is 6.04 Å². The molecule has 1 fully saturated rings. The first-order chi connectivity index (χ1) is 7.90. The highest BCUT2D eigenvalue weighted by Gasteiger charge is 2.39. The van der Waals surface area contributed by atoms with E-state index in [1.807, 2.05) is 13.8 Å². The van der Waals surface area contributed by atoms with Crippen LogP contribution in [0.3, 0.4) is 0 Å². The quantitative estimate of drug-likeness (QED) is 0.856. The van der Waals surface area contributed by atoms with Crippen LogP contribution < -0.4 is 5.32 Å². The van der Waals surface area contributed by atoms with Gasteiger partial charge >= 0.3 is 6.09 Å². The Kier molecular flexibility index (Phi) is 4.16. The Hall–Kier alpha value is -1.36. The van der Waals surface area contributed by atoms with Crippen molar-refractivity contribution in [2.24, 2.45) is 5.41 Å². The lowest BCUT2D eigenvalue weighted by Crippen LogP contribution is -2.47. The molecule has 0 bridgehead atoms. The Bertz CT molecular complexity index is 465. The lowest BCUT2D eigenvalue weighted by molar-refractivity contribution is 0.0377. The van der Waals surface area contributed by atoms with Gasteiger partial charge in [-0.25, -0.2) is 13.6 Å². The van der Waals surface area contributed by atoms with Gasteiger partial charge in [-0.2, -0.15) is 0 Å². The van der Waals surface area contributed by atoms with Crippen LogP contribution in [-0.2, 0) is 4.74 Å². The standard InChI is InChI=1S/C12H13F2NO2.ClH/c1-12(2)6-17-11(16)15-10(12)8-4-3-7(13)5-9(8)14;/h3-5,10H,6H2,1-2H3,(H,15,16);1H/t10-;/m1./s1. The maximum atomic E-state index is 13.7. The third-order valence-electron chi connectivity index (χ3n) is 2.89. The van der Waals surface area contributed by atoms with Crippen molar-refractivity contribution in [2.75, 3.05) is 6.61 Å². The van der Waals surface area contributed by atoms with E-state index in [1.54, 1.807) is 0 Å². The van der Waals surface area contributed by atoms with Crippen molar-refractivity contribution in [3.8, 4) is 0 Å². The largest absolute Gasteiger partial charge is 0.449 e. The maximum absolute atomic E-state index is 13.7. The van der Waals surface area contributed by atoms with Gasteiger partial charge in [-0.1, -0.05) is 19.9 Å². The van der Waals surface area contributed by atoms with Crippen LogP contribution in [-0.4, -0.2) is 12.7 Å². The summed E-state index contributed by atoms with van der Waals surface area (Å²) in [4.78, 5) is 11.2. The Morgan fingerprint density at radius 3 is 2.67 bits per heavy atom. The van der Waals surface area contributed by atoms with Gasteiger partial charge in [-0.3, -0.25) is 0 Å². The molecule has 6 heteroatoms. The number of amides is 1. The molecule has 1 aliphatic heterocycles. The Labute approximate surface area is 110 Å². The molecule has 0 aliphatic carbocycles. The Morgan fingerprint density at radius 1 is 1.39 bits per heavy atom. The van der Waals surface area contributed by atoms with Crippen LogP contribution in [0.15, 0.2) is 18.2 Å². The molecule has 18 heavy (non-hydrogen) atoms. The van der Waals surface area contributed by atoms with Crippen molar-refractivity contribution in [1.82, 2.24) is 5.32 Å². The molecular formula is C12H14ClF2NO2. The SMILES string of the molecule is CC1(C)COC(=O)N[C@@H]1c1ccc(F)cc1F.Cl. The molecule has 1 atom stereocenters. The van der Waals surface area contributed by atoms with Gasteiger partial charge in [-0.05, 0) is 6.07 Å². The summed E-state index contributed by atoms with van der Waals surface area (Å²) < 4.78 is 31.4. The van der Waals surface area contributed by atoms with Crippen molar-refractivity contribution in [3.05, 3.63) is 35.4 Å². The van der Waals surface area contributed by atoms with E-state index in [0.29, 0.717) is 0 Å². The van der Waals surface area contributed by atoms with E-state index in [1.165, 1.54) is 12.1 Å². The normalized spacial score (nSPS) is 21.6. The summed E-state index contributed by atoms with van der Waals surface area (Å²) in [5.74, 6) is -1.30. The second kappa shape index (κ2) is 5.10. The van der Waals surface area contributed by atoms with Gasteiger partial charge in [0.25, 0.3) is 0 Å². The zero-order valence-corrected chi connectivity index (χ0v) is 10.8. The molecule has 1 heterocycles. The second-order valence-electron chi connectivity index (χ2n) is 4.81. The molecule has 1 N–H and O–H groups in total. The molecule has 0 spiro atoms.